The number of benzene rings is 1. The van der Waals surface area contributed by atoms with Crippen LogP contribution < -0.4 is 5.32 Å². The summed E-state index contributed by atoms with van der Waals surface area (Å²) in [6, 6.07) is 8.08. The van der Waals surface area contributed by atoms with E-state index in [0.29, 0.717) is 6.61 Å². The van der Waals surface area contributed by atoms with Gasteiger partial charge in [0.25, 0.3) is 0 Å². The predicted octanol–water partition coefficient (Wildman–Crippen LogP) is 2.52. The number of aliphatic hydroxyl groups excluding tert-OH is 1. The molecule has 2 atom stereocenters. The summed E-state index contributed by atoms with van der Waals surface area (Å²) >= 11 is 1.71. The minimum atomic E-state index is -0.574. The second kappa shape index (κ2) is 5.60. The van der Waals surface area contributed by atoms with Gasteiger partial charge in [0, 0.05) is 4.70 Å². The number of ether oxygens (including phenoxy) is 1. The second-order valence-electron chi connectivity index (χ2n) is 4.00. The highest BCUT2D eigenvalue weighted by Crippen LogP contribution is 2.24. The second-order valence-corrected chi connectivity index (χ2v) is 4.95. The van der Waals surface area contributed by atoms with Crippen LogP contribution in [0.25, 0.3) is 10.1 Å². The zero-order valence-electron chi connectivity index (χ0n) is 10.0. The van der Waals surface area contributed by atoms with Crippen LogP contribution in [-0.4, -0.2) is 25.0 Å². The monoisotopic (exact) mass is 251 g/mol. The first kappa shape index (κ1) is 12.5. The van der Waals surface area contributed by atoms with Gasteiger partial charge in [0.05, 0.1) is 6.61 Å². The molecule has 17 heavy (non-hydrogen) atoms. The number of rotatable bonds is 5. The van der Waals surface area contributed by atoms with Crippen molar-refractivity contribution in [2.45, 2.75) is 19.3 Å². The van der Waals surface area contributed by atoms with Crippen molar-refractivity contribution in [2.75, 3.05) is 13.7 Å². The summed E-state index contributed by atoms with van der Waals surface area (Å²) < 4.78 is 6.68. The Hall–Kier alpha value is -0.940. The van der Waals surface area contributed by atoms with E-state index in [2.05, 4.69) is 16.8 Å². The van der Waals surface area contributed by atoms with Crippen molar-refractivity contribution in [2.24, 2.45) is 0 Å². The fourth-order valence-corrected chi connectivity index (χ4v) is 2.38. The fraction of sp³-hybridized carbons (Fsp3) is 0.385. The van der Waals surface area contributed by atoms with Crippen LogP contribution in [0.2, 0.25) is 0 Å². The van der Waals surface area contributed by atoms with Crippen LogP contribution in [0.1, 0.15) is 18.6 Å². The smallest absolute Gasteiger partial charge is 0.105 e. The molecule has 92 valence electrons. The molecule has 2 rings (SSSR count). The number of hydrogen-bond acceptors (Lipinski definition) is 4. The van der Waals surface area contributed by atoms with E-state index in [0.717, 1.165) is 5.56 Å². The van der Waals surface area contributed by atoms with Crippen molar-refractivity contribution in [3.8, 4) is 0 Å². The minimum absolute atomic E-state index is 0.0467. The average Bonchev–Trinajstić information content (AvgIpc) is 2.82. The molecule has 3 nitrogen and oxygen atoms in total. The van der Waals surface area contributed by atoms with Gasteiger partial charge in [-0.1, -0.05) is 6.07 Å². The lowest BCUT2D eigenvalue weighted by molar-refractivity contribution is -0.0131. The van der Waals surface area contributed by atoms with E-state index in [4.69, 9.17) is 4.74 Å². The Balaban J connectivity index is 2.05. The largest absolute Gasteiger partial charge is 0.386 e. The van der Waals surface area contributed by atoms with Crippen molar-refractivity contribution in [1.29, 1.82) is 0 Å². The first-order valence-electron chi connectivity index (χ1n) is 5.65. The SMILES string of the molecule is CNC(C)OCC(O)c1ccc2sccc2c1. The van der Waals surface area contributed by atoms with Crippen LogP contribution >= 0.6 is 11.3 Å². The Kier molecular flexibility index (Phi) is 4.12. The maximum Gasteiger partial charge on any atom is 0.105 e. The first-order chi connectivity index (χ1) is 8.20. The number of fused-ring (bicyclic) bond motifs is 1. The lowest BCUT2D eigenvalue weighted by Crippen LogP contribution is -2.26. The molecule has 0 fully saturated rings. The molecule has 2 unspecified atom stereocenters. The zero-order chi connectivity index (χ0) is 12.3. The minimum Gasteiger partial charge on any atom is -0.386 e. The Morgan fingerprint density at radius 1 is 1.41 bits per heavy atom. The molecular weight excluding hydrogens is 234 g/mol. The van der Waals surface area contributed by atoms with Crippen LogP contribution in [0.15, 0.2) is 29.6 Å². The van der Waals surface area contributed by atoms with E-state index in [1.165, 1.54) is 10.1 Å². The van der Waals surface area contributed by atoms with Crippen molar-refractivity contribution in [3.63, 3.8) is 0 Å². The molecule has 0 radical (unpaired) electrons. The van der Waals surface area contributed by atoms with Gasteiger partial charge in [-0.3, -0.25) is 5.32 Å². The molecule has 0 aliphatic carbocycles. The molecule has 0 aliphatic rings. The fourth-order valence-electron chi connectivity index (χ4n) is 1.61. The van der Waals surface area contributed by atoms with Crippen LogP contribution in [0, 0.1) is 0 Å². The van der Waals surface area contributed by atoms with Gasteiger partial charge in [0.2, 0.25) is 0 Å². The highest BCUT2D eigenvalue weighted by molar-refractivity contribution is 7.17. The molecule has 0 spiro atoms. The molecule has 4 heteroatoms. The van der Waals surface area contributed by atoms with Gasteiger partial charge >= 0.3 is 0 Å². The average molecular weight is 251 g/mol. The Morgan fingerprint density at radius 2 is 2.24 bits per heavy atom. The number of aliphatic hydroxyl groups is 1. The molecule has 0 bridgehead atoms. The molecule has 0 saturated carbocycles. The molecule has 0 aliphatic heterocycles. The van der Waals surface area contributed by atoms with E-state index in [1.54, 1.807) is 11.3 Å². The molecule has 1 aromatic carbocycles. The predicted molar refractivity (Wildman–Crippen MR) is 71.3 cm³/mol. The van der Waals surface area contributed by atoms with E-state index in [1.807, 2.05) is 32.2 Å². The zero-order valence-corrected chi connectivity index (χ0v) is 10.8. The molecule has 1 aromatic heterocycles. The van der Waals surface area contributed by atoms with Crippen molar-refractivity contribution < 1.29 is 9.84 Å². The van der Waals surface area contributed by atoms with Gasteiger partial charge in [0.1, 0.15) is 12.3 Å². The quantitative estimate of drug-likeness (QED) is 0.802. The maximum atomic E-state index is 10.0. The van der Waals surface area contributed by atoms with E-state index < -0.39 is 6.10 Å². The number of thiophene rings is 1. The summed E-state index contributed by atoms with van der Waals surface area (Å²) in [4.78, 5) is 0. The normalized spacial score (nSPS) is 15.0. The Morgan fingerprint density at radius 3 is 3.00 bits per heavy atom. The summed E-state index contributed by atoms with van der Waals surface area (Å²) in [5.74, 6) is 0. The van der Waals surface area contributed by atoms with Crippen LogP contribution in [0.5, 0.6) is 0 Å². The van der Waals surface area contributed by atoms with Gasteiger partial charge in [-0.25, -0.2) is 0 Å². The topological polar surface area (TPSA) is 41.5 Å². The summed E-state index contributed by atoms with van der Waals surface area (Å²) in [5.41, 5.74) is 0.902. The lowest BCUT2D eigenvalue weighted by atomic mass is 10.1. The third-order valence-electron chi connectivity index (χ3n) is 2.77. The van der Waals surface area contributed by atoms with E-state index in [-0.39, 0.29) is 6.23 Å². The highest BCUT2D eigenvalue weighted by atomic mass is 32.1. The molecule has 2 aromatic rings. The van der Waals surface area contributed by atoms with Crippen LogP contribution in [0.4, 0.5) is 0 Å². The van der Waals surface area contributed by atoms with Crippen molar-refractivity contribution >= 4 is 21.4 Å². The van der Waals surface area contributed by atoms with Crippen LogP contribution in [0.3, 0.4) is 0 Å². The third kappa shape index (κ3) is 3.04. The summed E-state index contributed by atoms with van der Waals surface area (Å²) in [5, 5.41) is 16.2. The number of hydrogen-bond donors (Lipinski definition) is 2. The Bertz CT molecular complexity index is 483. The van der Waals surface area contributed by atoms with Gasteiger partial charge in [-0.15, -0.1) is 11.3 Å². The Labute approximate surface area is 105 Å². The highest BCUT2D eigenvalue weighted by Gasteiger charge is 2.10. The van der Waals surface area contributed by atoms with Gasteiger partial charge in [-0.05, 0) is 48.5 Å². The van der Waals surface area contributed by atoms with Gasteiger partial charge in [-0.2, -0.15) is 0 Å². The van der Waals surface area contributed by atoms with E-state index >= 15 is 0 Å². The third-order valence-corrected chi connectivity index (χ3v) is 3.67. The summed E-state index contributed by atoms with van der Waals surface area (Å²) in [6.45, 7) is 2.21. The lowest BCUT2D eigenvalue weighted by Gasteiger charge is -2.16. The van der Waals surface area contributed by atoms with Crippen LogP contribution in [-0.2, 0) is 4.74 Å². The van der Waals surface area contributed by atoms with Crippen molar-refractivity contribution in [3.05, 3.63) is 35.2 Å². The molecule has 0 amide bonds. The van der Waals surface area contributed by atoms with Gasteiger partial charge < -0.3 is 9.84 Å². The van der Waals surface area contributed by atoms with Crippen molar-refractivity contribution in [1.82, 2.24) is 5.32 Å². The molecule has 1 heterocycles. The number of nitrogens with one attached hydrogen (secondary N) is 1. The summed E-state index contributed by atoms with van der Waals surface area (Å²) in [6.07, 6.45) is -0.621. The molecule has 2 N–H and O–H groups in total. The first-order valence-corrected chi connectivity index (χ1v) is 6.53. The maximum absolute atomic E-state index is 10.0. The standard InChI is InChI=1S/C13H17NO2S/c1-9(14-2)16-8-12(15)10-3-4-13-11(7-10)5-6-17-13/h3-7,9,12,14-15H,8H2,1-2H3. The van der Waals surface area contributed by atoms with E-state index in [9.17, 15) is 5.11 Å². The summed E-state index contributed by atoms with van der Waals surface area (Å²) in [7, 11) is 1.83. The van der Waals surface area contributed by atoms with Gasteiger partial charge in [0.15, 0.2) is 0 Å². The molecule has 0 saturated heterocycles. The molecular formula is C13H17NO2S.